The highest BCUT2D eigenvalue weighted by atomic mass is 16.5. The molecule has 2 fully saturated rings. The average Bonchev–Trinajstić information content (AvgIpc) is 3.20. The van der Waals surface area contributed by atoms with Gasteiger partial charge in [-0.15, -0.1) is 0 Å². The van der Waals surface area contributed by atoms with Gasteiger partial charge in [-0.05, 0) is 12.8 Å². The summed E-state index contributed by atoms with van der Waals surface area (Å²) >= 11 is 0. The van der Waals surface area contributed by atoms with Gasteiger partial charge in [0.25, 0.3) is 0 Å². The van der Waals surface area contributed by atoms with Gasteiger partial charge in [0.2, 0.25) is 5.91 Å². The lowest BCUT2D eigenvalue weighted by Crippen LogP contribution is -2.48. The predicted molar refractivity (Wildman–Crippen MR) is 97.9 cm³/mol. The number of piperidine rings is 1. The van der Waals surface area contributed by atoms with Gasteiger partial charge in [-0.2, -0.15) is 5.10 Å². The summed E-state index contributed by atoms with van der Waals surface area (Å²) in [5.41, 5.74) is 0.965. The molecule has 2 saturated heterocycles. The van der Waals surface area contributed by atoms with Crippen LogP contribution in [0.3, 0.4) is 0 Å². The molecule has 0 aliphatic carbocycles. The maximum Gasteiger partial charge on any atom is 0.317 e. The highest BCUT2D eigenvalue weighted by Crippen LogP contribution is 2.37. The summed E-state index contributed by atoms with van der Waals surface area (Å²) in [4.78, 5) is 28.5. The molecule has 2 aliphatic heterocycles. The van der Waals surface area contributed by atoms with E-state index in [2.05, 4.69) is 10.4 Å². The van der Waals surface area contributed by atoms with Crippen LogP contribution in [0, 0.1) is 5.92 Å². The van der Waals surface area contributed by atoms with Crippen LogP contribution < -0.4 is 5.32 Å². The number of nitrogens with one attached hydrogen (secondary N) is 1. The summed E-state index contributed by atoms with van der Waals surface area (Å²) in [5.74, 6) is 0.0331. The van der Waals surface area contributed by atoms with E-state index in [0.29, 0.717) is 39.2 Å². The lowest BCUT2D eigenvalue weighted by molar-refractivity contribution is -0.129. The van der Waals surface area contributed by atoms with Gasteiger partial charge in [0, 0.05) is 64.4 Å². The number of carbonyl (C=O) groups is 2. The molecule has 0 radical (unpaired) electrons. The Kier molecular flexibility index (Phi) is 6.33. The SMILES string of the molecule is COCCN1C(=O)C[C@H](CNC(=O)N2CCC[C@@H](O)C2)[C@H]1c1cnn(C)c1. The molecule has 2 aliphatic rings. The van der Waals surface area contributed by atoms with Crippen molar-refractivity contribution in [1.82, 2.24) is 24.9 Å². The first-order valence-corrected chi connectivity index (χ1v) is 9.47. The second kappa shape index (κ2) is 8.71. The number of carbonyl (C=O) groups excluding carboxylic acids is 2. The van der Waals surface area contributed by atoms with Crippen LogP contribution in [0.5, 0.6) is 0 Å². The molecule has 3 atom stereocenters. The lowest BCUT2D eigenvalue weighted by Gasteiger charge is -2.31. The molecule has 0 saturated carbocycles. The minimum atomic E-state index is -0.453. The van der Waals surface area contributed by atoms with Crippen molar-refractivity contribution < 1.29 is 19.4 Å². The van der Waals surface area contributed by atoms with Crippen molar-refractivity contribution in [2.24, 2.45) is 13.0 Å². The van der Waals surface area contributed by atoms with Gasteiger partial charge in [0.1, 0.15) is 0 Å². The summed E-state index contributed by atoms with van der Waals surface area (Å²) in [6.07, 6.45) is 5.16. The lowest BCUT2D eigenvalue weighted by atomic mass is 9.95. The van der Waals surface area contributed by atoms with E-state index in [4.69, 9.17) is 4.74 Å². The molecular formula is C18H29N5O4. The monoisotopic (exact) mass is 379 g/mol. The molecule has 150 valence electrons. The first-order valence-electron chi connectivity index (χ1n) is 9.47. The molecule has 0 spiro atoms. The Bertz CT molecular complexity index is 664. The van der Waals surface area contributed by atoms with Crippen molar-refractivity contribution in [3.63, 3.8) is 0 Å². The minimum absolute atomic E-state index is 0.0304. The molecule has 2 N–H and O–H groups in total. The smallest absolute Gasteiger partial charge is 0.317 e. The Morgan fingerprint density at radius 1 is 1.48 bits per heavy atom. The van der Waals surface area contributed by atoms with E-state index in [0.717, 1.165) is 18.4 Å². The van der Waals surface area contributed by atoms with Crippen molar-refractivity contribution >= 4 is 11.9 Å². The molecule has 9 nitrogen and oxygen atoms in total. The number of likely N-dealkylation sites (tertiary alicyclic amines) is 2. The Morgan fingerprint density at radius 2 is 2.30 bits per heavy atom. The standard InChI is InChI=1S/C18H29N5O4/c1-21-11-14(10-20-21)17-13(8-16(25)23(17)6-7-27-2)9-19-18(26)22-5-3-4-15(24)12-22/h10-11,13,15,17,24H,3-9,12H2,1-2H3,(H,19,26)/t13-,15-,17+/m1/s1. The Balaban J connectivity index is 1.67. The number of rotatable bonds is 6. The first-order chi connectivity index (χ1) is 13.0. The Hall–Kier alpha value is -2.13. The summed E-state index contributed by atoms with van der Waals surface area (Å²) in [6, 6.07) is -0.310. The zero-order valence-electron chi connectivity index (χ0n) is 16.0. The largest absolute Gasteiger partial charge is 0.391 e. The van der Waals surface area contributed by atoms with Gasteiger partial charge in [-0.1, -0.05) is 0 Å². The Labute approximate surface area is 159 Å². The van der Waals surface area contributed by atoms with Crippen molar-refractivity contribution in [2.45, 2.75) is 31.4 Å². The molecule has 1 aromatic rings. The van der Waals surface area contributed by atoms with E-state index in [1.54, 1.807) is 22.9 Å². The molecule has 0 bridgehead atoms. The van der Waals surface area contributed by atoms with Gasteiger partial charge in [0.15, 0.2) is 0 Å². The summed E-state index contributed by atoms with van der Waals surface area (Å²) in [7, 11) is 3.46. The summed E-state index contributed by atoms with van der Waals surface area (Å²) < 4.78 is 6.87. The number of amides is 3. The summed E-state index contributed by atoms with van der Waals surface area (Å²) in [5, 5.41) is 17.0. The fourth-order valence-corrected chi connectivity index (χ4v) is 4.01. The number of methoxy groups -OCH3 is 1. The number of urea groups is 1. The van der Waals surface area contributed by atoms with Crippen LogP contribution >= 0.6 is 0 Å². The van der Waals surface area contributed by atoms with Crippen molar-refractivity contribution in [2.75, 3.05) is 39.9 Å². The zero-order chi connectivity index (χ0) is 19.4. The van der Waals surface area contributed by atoms with Gasteiger partial charge in [-0.25, -0.2) is 4.79 Å². The van der Waals surface area contributed by atoms with E-state index in [9.17, 15) is 14.7 Å². The normalized spacial score (nSPS) is 25.9. The third-order valence-corrected chi connectivity index (χ3v) is 5.34. The van der Waals surface area contributed by atoms with Crippen LogP contribution in [0.25, 0.3) is 0 Å². The maximum atomic E-state index is 12.6. The third kappa shape index (κ3) is 4.59. The van der Waals surface area contributed by atoms with Crippen LogP contribution in [0.4, 0.5) is 4.79 Å². The molecule has 9 heteroatoms. The third-order valence-electron chi connectivity index (χ3n) is 5.34. The Morgan fingerprint density at radius 3 is 2.96 bits per heavy atom. The zero-order valence-corrected chi connectivity index (χ0v) is 16.0. The first kappa shape index (κ1) is 19.6. The van der Waals surface area contributed by atoms with Gasteiger partial charge in [-0.3, -0.25) is 9.48 Å². The number of aryl methyl sites for hydroxylation is 1. The van der Waals surface area contributed by atoms with Gasteiger partial charge >= 0.3 is 6.03 Å². The van der Waals surface area contributed by atoms with E-state index in [1.165, 1.54) is 0 Å². The van der Waals surface area contributed by atoms with Crippen LogP contribution in [-0.4, -0.2) is 82.6 Å². The fraction of sp³-hybridized carbons (Fsp3) is 0.722. The number of aliphatic hydroxyl groups excluding tert-OH is 1. The number of β-amino-alcohol motifs (C(OH)–C–C–N with tert-alkyl or cyclic N) is 1. The molecule has 3 rings (SSSR count). The van der Waals surface area contributed by atoms with E-state index >= 15 is 0 Å². The average molecular weight is 379 g/mol. The number of ether oxygens (including phenoxy) is 1. The van der Waals surface area contributed by atoms with E-state index in [1.807, 2.05) is 18.1 Å². The fourth-order valence-electron chi connectivity index (χ4n) is 4.01. The second-order valence-electron chi connectivity index (χ2n) is 7.36. The molecule has 1 aromatic heterocycles. The van der Waals surface area contributed by atoms with E-state index < -0.39 is 6.10 Å². The molecule has 3 heterocycles. The van der Waals surface area contributed by atoms with Crippen LogP contribution in [0.1, 0.15) is 30.9 Å². The number of nitrogens with zero attached hydrogens (tertiary/aromatic N) is 4. The van der Waals surface area contributed by atoms with Crippen molar-refractivity contribution in [1.29, 1.82) is 0 Å². The molecular weight excluding hydrogens is 350 g/mol. The highest BCUT2D eigenvalue weighted by Gasteiger charge is 2.41. The number of hydrogen-bond donors (Lipinski definition) is 2. The molecule has 27 heavy (non-hydrogen) atoms. The minimum Gasteiger partial charge on any atom is -0.391 e. The number of aromatic nitrogens is 2. The van der Waals surface area contributed by atoms with E-state index in [-0.39, 0.29) is 23.9 Å². The van der Waals surface area contributed by atoms with Crippen molar-refractivity contribution in [3.05, 3.63) is 18.0 Å². The van der Waals surface area contributed by atoms with Crippen LogP contribution in [0.15, 0.2) is 12.4 Å². The second-order valence-corrected chi connectivity index (χ2v) is 7.36. The molecule has 3 amide bonds. The van der Waals surface area contributed by atoms with Crippen LogP contribution in [0.2, 0.25) is 0 Å². The predicted octanol–water partition coefficient (Wildman–Crippen LogP) is 0.122. The maximum absolute atomic E-state index is 12.6. The number of hydrogen-bond acceptors (Lipinski definition) is 5. The summed E-state index contributed by atoms with van der Waals surface area (Å²) in [6.45, 7) is 2.39. The van der Waals surface area contributed by atoms with Crippen LogP contribution in [-0.2, 0) is 16.6 Å². The topological polar surface area (TPSA) is 99.9 Å². The van der Waals surface area contributed by atoms with Gasteiger partial charge < -0.3 is 25.0 Å². The molecule has 0 aromatic carbocycles. The van der Waals surface area contributed by atoms with Gasteiger partial charge in [0.05, 0.1) is 24.9 Å². The molecule has 0 unspecified atom stereocenters. The van der Waals surface area contributed by atoms with Crippen molar-refractivity contribution in [3.8, 4) is 0 Å². The number of aliphatic hydroxyl groups is 1. The highest BCUT2D eigenvalue weighted by molar-refractivity contribution is 5.80. The quantitative estimate of drug-likeness (QED) is 0.731.